The van der Waals surface area contributed by atoms with Gasteiger partial charge in [0.05, 0.1) is 25.2 Å². The number of carbonyl (C=O) groups is 2. The molecule has 33 heavy (non-hydrogen) atoms. The molecule has 13 heteroatoms. The standard InChI is InChI=1S/C20H22N6O6S/c1-3-32-18(29)10-21-17(28)11-33-20-25-24-15(7-12-8-16(27)23-19(30)22-12)26(20)13-5-4-6-14(9-13)31-2/h4-6,8-9H,3,7,10-11H2,1-2H3,(H,21,28)(H2,22,23,27,30). The average molecular weight is 474 g/mol. The van der Waals surface area contributed by atoms with Gasteiger partial charge >= 0.3 is 11.7 Å². The smallest absolute Gasteiger partial charge is 0.325 e. The number of H-pyrrole nitrogens is 2. The zero-order valence-corrected chi connectivity index (χ0v) is 18.7. The van der Waals surface area contributed by atoms with Crippen LogP contribution in [0.4, 0.5) is 0 Å². The SMILES string of the molecule is CCOC(=O)CNC(=O)CSc1nnc(Cc2cc(=O)[nH]c(=O)[nH]2)n1-c1cccc(OC)c1. The van der Waals surface area contributed by atoms with E-state index >= 15 is 0 Å². The monoisotopic (exact) mass is 474 g/mol. The molecule has 1 aromatic carbocycles. The fourth-order valence-corrected chi connectivity index (χ4v) is 3.67. The minimum atomic E-state index is -0.627. The topological polar surface area (TPSA) is 161 Å². The summed E-state index contributed by atoms with van der Waals surface area (Å²) in [6.07, 6.45) is 0.110. The van der Waals surface area contributed by atoms with Crippen LogP contribution in [0.2, 0.25) is 0 Å². The summed E-state index contributed by atoms with van der Waals surface area (Å²) in [5.41, 5.74) is -0.146. The predicted molar refractivity (Wildman–Crippen MR) is 119 cm³/mol. The molecule has 3 rings (SSSR count). The maximum atomic E-state index is 12.2. The number of rotatable bonds is 10. The van der Waals surface area contributed by atoms with Gasteiger partial charge in [0.2, 0.25) is 5.91 Å². The number of methoxy groups -OCH3 is 1. The van der Waals surface area contributed by atoms with Crippen LogP contribution in [0.5, 0.6) is 5.75 Å². The molecule has 0 spiro atoms. The molecule has 0 aliphatic heterocycles. The number of carbonyl (C=O) groups excluding carboxylic acids is 2. The fourth-order valence-electron chi connectivity index (χ4n) is 2.87. The maximum Gasteiger partial charge on any atom is 0.325 e. The molecule has 0 radical (unpaired) electrons. The van der Waals surface area contributed by atoms with Crippen LogP contribution in [-0.4, -0.2) is 62.6 Å². The van der Waals surface area contributed by atoms with Crippen molar-refractivity contribution in [3.8, 4) is 11.4 Å². The Morgan fingerprint density at radius 2 is 2.00 bits per heavy atom. The number of thioether (sulfide) groups is 1. The lowest BCUT2D eigenvalue weighted by atomic mass is 10.2. The van der Waals surface area contributed by atoms with Gasteiger partial charge in [0.15, 0.2) is 5.16 Å². The number of ether oxygens (including phenoxy) is 2. The van der Waals surface area contributed by atoms with Gasteiger partial charge in [-0.2, -0.15) is 0 Å². The van der Waals surface area contributed by atoms with Crippen molar-refractivity contribution in [2.24, 2.45) is 0 Å². The van der Waals surface area contributed by atoms with E-state index in [4.69, 9.17) is 9.47 Å². The molecule has 3 aromatic rings. The van der Waals surface area contributed by atoms with Gasteiger partial charge < -0.3 is 19.8 Å². The molecule has 0 saturated heterocycles. The van der Waals surface area contributed by atoms with E-state index in [1.54, 1.807) is 35.8 Å². The normalized spacial score (nSPS) is 10.6. The van der Waals surface area contributed by atoms with E-state index in [9.17, 15) is 19.2 Å². The van der Waals surface area contributed by atoms with E-state index in [1.165, 1.54) is 13.2 Å². The van der Waals surface area contributed by atoms with E-state index in [-0.39, 0.29) is 31.2 Å². The number of hydrogen-bond acceptors (Lipinski definition) is 9. The molecule has 0 saturated carbocycles. The predicted octanol–water partition coefficient (Wildman–Crippen LogP) is 0.0147. The molecule has 0 unspecified atom stereocenters. The summed E-state index contributed by atoms with van der Waals surface area (Å²) < 4.78 is 11.8. The highest BCUT2D eigenvalue weighted by Gasteiger charge is 2.18. The van der Waals surface area contributed by atoms with E-state index in [0.29, 0.717) is 28.1 Å². The second kappa shape index (κ2) is 11.1. The maximum absolute atomic E-state index is 12.2. The van der Waals surface area contributed by atoms with Crippen molar-refractivity contribution in [1.29, 1.82) is 0 Å². The van der Waals surface area contributed by atoms with Crippen LogP contribution in [0.15, 0.2) is 45.1 Å². The lowest BCUT2D eigenvalue weighted by Gasteiger charge is -2.11. The Hall–Kier alpha value is -3.87. The minimum absolute atomic E-state index is 0.0245. The first-order valence-electron chi connectivity index (χ1n) is 9.86. The Bertz CT molecular complexity index is 1220. The van der Waals surface area contributed by atoms with Crippen LogP contribution >= 0.6 is 11.8 Å². The first-order valence-corrected chi connectivity index (χ1v) is 10.8. The number of nitrogens with one attached hydrogen (secondary N) is 3. The number of esters is 1. The van der Waals surface area contributed by atoms with Gasteiger partial charge in [0.1, 0.15) is 18.1 Å². The van der Waals surface area contributed by atoms with E-state index in [0.717, 1.165) is 11.8 Å². The van der Waals surface area contributed by atoms with E-state index in [1.807, 2.05) is 0 Å². The van der Waals surface area contributed by atoms with Crippen LogP contribution in [0.3, 0.4) is 0 Å². The van der Waals surface area contributed by atoms with Crippen molar-refractivity contribution < 1.29 is 19.1 Å². The number of aromatic amines is 2. The summed E-state index contributed by atoms with van der Waals surface area (Å²) >= 11 is 1.11. The molecule has 0 bridgehead atoms. The molecule has 0 atom stereocenters. The van der Waals surface area contributed by atoms with Gasteiger partial charge in [0, 0.05) is 24.2 Å². The molecular weight excluding hydrogens is 452 g/mol. The number of benzene rings is 1. The third-order valence-electron chi connectivity index (χ3n) is 4.24. The summed E-state index contributed by atoms with van der Waals surface area (Å²) in [6, 6.07) is 8.39. The summed E-state index contributed by atoms with van der Waals surface area (Å²) in [7, 11) is 1.54. The lowest BCUT2D eigenvalue weighted by molar-refractivity contribution is -0.143. The van der Waals surface area contributed by atoms with Crippen molar-refractivity contribution in [2.75, 3.05) is 26.0 Å². The average Bonchev–Trinajstić information content (AvgIpc) is 3.18. The Labute approximate surface area is 191 Å². The van der Waals surface area contributed by atoms with Crippen molar-refractivity contribution in [3.05, 3.63) is 62.7 Å². The molecule has 12 nitrogen and oxygen atoms in total. The molecule has 3 N–H and O–H groups in total. The molecule has 2 aromatic heterocycles. The number of amides is 1. The molecule has 0 aliphatic rings. The highest BCUT2D eigenvalue weighted by Crippen LogP contribution is 2.25. The molecule has 174 valence electrons. The van der Waals surface area contributed by atoms with E-state index in [2.05, 4.69) is 25.5 Å². The van der Waals surface area contributed by atoms with Gasteiger partial charge in [0.25, 0.3) is 5.56 Å². The summed E-state index contributed by atoms with van der Waals surface area (Å²) in [5.74, 6) is 0.0978. The lowest BCUT2D eigenvalue weighted by Crippen LogP contribution is -2.31. The quantitative estimate of drug-likeness (QED) is 0.272. The van der Waals surface area contributed by atoms with Gasteiger partial charge in [-0.3, -0.25) is 23.9 Å². The highest BCUT2D eigenvalue weighted by atomic mass is 32.2. The molecule has 0 aliphatic carbocycles. The Kier molecular flexibility index (Phi) is 8.02. The number of aromatic nitrogens is 5. The van der Waals surface area contributed by atoms with Crippen molar-refractivity contribution in [2.45, 2.75) is 18.5 Å². The van der Waals surface area contributed by atoms with Crippen LogP contribution in [-0.2, 0) is 20.7 Å². The van der Waals surface area contributed by atoms with Crippen LogP contribution in [0, 0.1) is 0 Å². The Balaban J connectivity index is 1.85. The third-order valence-corrected chi connectivity index (χ3v) is 5.17. The van der Waals surface area contributed by atoms with Gasteiger partial charge in [-0.15, -0.1) is 10.2 Å². The summed E-state index contributed by atoms with van der Waals surface area (Å²) in [6.45, 7) is 1.69. The van der Waals surface area contributed by atoms with Crippen LogP contribution < -0.4 is 21.3 Å². The zero-order valence-electron chi connectivity index (χ0n) is 17.9. The van der Waals surface area contributed by atoms with Gasteiger partial charge in [-0.1, -0.05) is 17.8 Å². The minimum Gasteiger partial charge on any atom is -0.497 e. The molecular formula is C20H22N6O6S. The molecule has 0 fully saturated rings. The second-order valence-corrected chi connectivity index (χ2v) is 7.54. The Morgan fingerprint density at radius 3 is 2.73 bits per heavy atom. The third kappa shape index (κ3) is 6.55. The summed E-state index contributed by atoms with van der Waals surface area (Å²) in [4.78, 5) is 51.5. The highest BCUT2D eigenvalue weighted by molar-refractivity contribution is 7.99. The summed E-state index contributed by atoms with van der Waals surface area (Å²) in [5, 5.41) is 11.2. The fraction of sp³-hybridized carbons (Fsp3) is 0.300. The zero-order chi connectivity index (χ0) is 23.8. The van der Waals surface area contributed by atoms with E-state index < -0.39 is 17.2 Å². The number of hydrogen-bond donors (Lipinski definition) is 3. The molecule has 2 heterocycles. The molecule has 1 amide bonds. The van der Waals surface area contributed by atoms with Gasteiger partial charge in [-0.25, -0.2) is 4.79 Å². The van der Waals surface area contributed by atoms with Crippen LogP contribution in [0.1, 0.15) is 18.4 Å². The van der Waals surface area contributed by atoms with Crippen molar-refractivity contribution in [1.82, 2.24) is 30.0 Å². The first-order chi connectivity index (χ1) is 15.9. The Morgan fingerprint density at radius 1 is 1.18 bits per heavy atom. The first kappa shape index (κ1) is 23.8. The van der Waals surface area contributed by atoms with Gasteiger partial charge in [-0.05, 0) is 19.1 Å². The second-order valence-electron chi connectivity index (χ2n) is 6.60. The van der Waals surface area contributed by atoms with Crippen molar-refractivity contribution >= 4 is 23.6 Å². The van der Waals surface area contributed by atoms with Crippen molar-refractivity contribution in [3.63, 3.8) is 0 Å². The number of nitrogens with zero attached hydrogens (tertiary/aromatic N) is 3. The largest absolute Gasteiger partial charge is 0.497 e. The van der Waals surface area contributed by atoms with Crippen LogP contribution in [0.25, 0.3) is 5.69 Å².